The lowest BCUT2D eigenvalue weighted by molar-refractivity contribution is -0.00555. The SMILES string of the molecule is CC(C1CC[SiH2]OC1)C(F)C(F)F. The van der Waals surface area contributed by atoms with Gasteiger partial charge in [-0.15, -0.1) is 0 Å². The van der Waals surface area contributed by atoms with Crippen molar-refractivity contribution >= 4 is 9.76 Å². The Morgan fingerprint density at radius 2 is 2.08 bits per heavy atom. The van der Waals surface area contributed by atoms with E-state index >= 15 is 0 Å². The Hall–Kier alpha value is -0.0331. The Morgan fingerprint density at radius 1 is 1.38 bits per heavy atom. The van der Waals surface area contributed by atoms with Crippen LogP contribution in [-0.4, -0.2) is 29.0 Å². The number of hydrogen-bond donors (Lipinski definition) is 0. The summed E-state index contributed by atoms with van der Waals surface area (Å²) in [4.78, 5) is 0. The topological polar surface area (TPSA) is 9.23 Å². The zero-order chi connectivity index (χ0) is 9.84. The third-order valence-corrected chi connectivity index (χ3v) is 3.90. The first kappa shape index (κ1) is 11.0. The van der Waals surface area contributed by atoms with Crippen LogP contribution in [0.25, 0.3) is 0 Å². The summed E-state index contributed by atoms with van der Waals surface area (Å²) < 4.78 is 42.2. The van der Waals surface area contributed by atoms with E-state index in [4.69, 9.17) is 4.43 Å². The van der Waals surface area contributed by atoms with Crippen molar-refractivity contribution in [3.63, 3.8) is 0 Å². The Labute approximate surface area is 78.6 Å². The second kappa shape index (κ2) is 5.00. The van der Waals surface area contributed by atoms with E-state index in [1.165, 1.54) is 0 Å². The van der Waals surface area contributed by atoms with Gasteiger partial charge in [-0.3, -0.25) is 0 Å². The minimum Gasteiger partial charge on any atom is -0.424 e. The zero-order valence-electron chi connectivity index (χ0n) is 7.68. The van der Waals surface area contributed by atoms with Crippen molar-refractivity contribution in [3.8, 4) is 0 Å². The van der Waals surface area contributed by atoms with Gasteiger partial charge in [0.2, 0.25) is 0 Å². The highest BCUT2D eigenvalue weighted by Gasteiger charge is 2.32. The van der Waals surface area contributed by atoms with Crippen molar-refractivity contribution in [1.29, 1.82) is 0 Å². The van der Waals surface area contributed by atoms with Gasteiger partial charge in [0.05, 0.1) is 0 Å². The van der Waals surface area contributed by atoms with Gasteiger partial charge in [-0.2, -0.15) is 0 Å². The van der Waals surface area contributed by atoms with E-state index in [-0.39, 0.29) is 5.92 Å². The third-order valence-electron chi connectivity index (χ3n) is 2.68. The molecule has 1 heterocycles. The van der Waals surface area contributed by atoms with E-state index < -0.39 is 28.3 Å². The summed E-state index contributed by atoms with van der Waals surface area (Å²) in [6, 6.07) is 0.991. The maximum Gasteiger partial charge on any atom is 0.269 e. The van der Waals surface area contributed by atoms with E-state index in [0.29, 0.717) is 6.61 Å². The van der Waals surface area contributed by atoms with Crippen LogP contribution in [0.2, 0.25) is 6.04 Å². The van der Waals surface area contributed by atoms with E-state index in [1.54, 1.807) is 6.92 Å². The lowest BCUT2D eigenvalue weighted by atomic mass is 9.88. The average Bonchev–Trinajstić information content (AvgIpc) is 2.17. The maximum absolute atomic E-state index is 12.9. The molecule has 0 radical (unpaired) electrons. The van der Waals surface area contributed by atoms with Gasteiger partial charge in [0.15, 0.2) is 15.9 Å². The lowest BCUT2D eigenvalue weighted by Gasteiger charge is -2.29. The third kappa shape index (κ3) is 2.98. The molecule has 0 amide bonds. The molecule has 0 aromatic heterocycles. The van der Waals surface area contributed by atoms with Gasteiger partial charge in [0, 0.05) is 6.61 Å². The second-order valence-corrected chi connectivity index (χ2v) is 5.14. The Morgan fingerprint density at radius 3 is 2.54 bits per heavy atom. The van der Waals surface area contributed by atoms with E-state index in [9.17, 15) is 13.2 Å². The minimum absolute atomic E-state index is 0.00903. The van der Waals surface area contributed by atoms with Crippen LogP contribution in [0.1, 0.15) is 13.3 Å². The minimum atomic E-state index is -2.85. The molecular weight excluding hydrogens is 197 g/mol. The van der Waals surface area contributed by atoms with Gasteiger partial charge in [-0.25, -0.2) is 13.2 Å². The maximum atomic E-state index is 12.9. The molecule has 0 aromatic carbocycles. The summed E-state index contributed by atoms with van der Waals surface area (Å²) in [5.41, 5.74) is 0. The molecule has 78 valence electrons. The standard InChI is InChI=1S/C8H15F3OSi/c1-5(7(9)8(10)11)6-2-3-13-12-4-6/h5-8H,2-4,13H2,1H3. The van der Waals surface area contributed by atoms with Crippen molar-refractivity contribution in [3.05, 3.63) is 0 Å². The van der Waals surface area contributed by atoms with Gasteiger partial charge in [0.25, 0.3) is 6.43 Å². The molecule has 3 unspecified atom stereocenters. The molecule has 0 saturated carbocycles. The molecule has 0 aromatic rings. The number of halogens is 3. The molecule has 5 heteroatoms. The number of alkyl halides is 3. The van der Waals surface area contributed by atoms with Gasteiger partial charge in [0.1, 0.15) is 0 Å². The van der Waals surface area contributed by atoms with Crippen molar-refractivity contribution in [1.82, 2.24) is 0 Å². The predicted octanol–water partition coefficient (Wildman–Crippen LogP) is 1.76. The average molecular weight is 212 g/mol. The molecule has 1 nitrogen and oxygen atoms in total. The summed E-state index contributed by atoms with van der Waals surface area (Å²) in [6.07, 6.45) is -3.98. The number of hydrogen-bond acceptors (Lipinski definition) is 1. The fourth-order valence-electron chi connectivity index (χ4n) is 1.67. The Balaban J connectivity index is 2.40. The Kier molecular flexibility index (Phi) is 4.25. The number of rotatable bonds is 3. The molecule has 0 bridgehead atoms. The van der Waals surface area contributed by atoms with Gasteiger partial charge in [-0.05, 0) is 24.3 Å². The van der Waals surface area contributed by atoms with Crippen molar-refractivity contribution in [2.45, 2.75) is 32.0 Å². The van der Waals surface area contributed by atoms with Crippen molar-refractivity contribution < 1.29 is 17.6 Å². The fourth-order valence-corrected chi connectivity index (χ4v) is 3.03. The van der Waals surface area contributed by atoms with Gasteiger partial charge < -0.3 is 4.43 Å². The van der Waals surface area contributed by atoms with Crippen molar-refractivity contribution in [2.75, 3.05) is 6.61 Å². The molecule has 0 aliphatic carbocycles. The summed E-state index contributed by atoms with van der Waals surface area (Å²) in [7, 11) is -0.409. The lowest BCUT2D eigenvalue weighted by Crippen LogP contribution is -2.33. The zero-order valence-corrected chi connectivity index (χ0v) is 9.09. The summed E-state index contributed by atoms with van der Waals surface area (Å²) in [6.45, 7) is 2.04. The molecule has 3 atom stereocenters. The molecule has 1 rings (SSSR count). The van der Waals surface area contributed by atoms with Crippen LogP contribution in [0.4, 0.5) is 13.2 Å². The highest BCUT2D eigenvalue weighted by atomic mass is 28.2. The summed E-state index contributed by atoms with van der Waals surface area (Å²) in [5.74, 6) is -0.584. The second-order valence-electron chi connectivity index (χ2n) is 3.62. The fraction of sp³-hybridized carbons (Fsp3) is 1.00. The highest BCUT2D eigenvalue weighted by Crippen LogP contribution is 2.28. The molecule has 0 spiro atoms. The molecule has 13 heavy (non-hydrogen) atoms. The van der Waals surface area contributed by atoms with Crippen LogP contribution in [0.3, 0.4) is 0 Å². The normalized spacial score (nSPS) is 30.7. The van der Waals surface area contributed by atoms with Crippen LogP contribution in [0.5, 0.6) is 0 Å². The smallest absolute Gasteiger partial charge is 0.269 e. The van der Waals surface area contributed by atoms with Crippen LogP contribution >= 0.6 is 0 Å². The van der Waals surface area contributed by atoms with Crippen LogP contribution in [0.15, 0.2) is 0 Å². The molecule has 0 N–H and O–H groups in total. The summed E-state index contributed by atoms with van der Waals surface area (Å²) in [5, 5.41) is 0. The molecular formula is C8H15F3OSi. The van der Waals surface area contributed by atoms with Gasteiger partial charge in [-0.1, -0.05) is 6.92 Å². The van der Waals surface area contributed by atoms with E-state index in [0.717, 1.165) is 12.5 Å². The van der Waals surface area contributed by atoms with Crippen LogP contribution in [0, 0.1) is 11.8 Å². The first-order chi connectivity index (χ1) is 6.13. The molecule has 1 aliphatic heterocycles. The molecule has 1 saturated heterocycles. The molecule has 1 aliphatic rings. The van der Waals surface area contributed by atoms with Crippen LogP contribution < -0.4 is 0 Å². The van der Waals surface area contributed by atoms with E-state index in [1.807, 2.05) is 0 Å². The Bertz CT molecular complexity index is 150. The van der Waals surface area contributed by atoms with Gasteiger partial charge >= 0.3 is 0 Å². The monoisotopic (exact) mass is 212 g/mol. The predicted molar refractivity (Wildman–Crippen MR) is 47.5 cm³/mol. The van der Waals surface area contributed by atoms with Crippen molar-refractivity contribution in [2.24, 2.45) is 11.8 Å². The molecule has 1 fully saturated rings. The first-order valence-electron chi connectivity index (χ1n) is 4.63. The first-order valence-corrected chi connectivity index (χ1v) is 6.20. The summed E-state index contributed by atoms with van der Waals surface area (Å²) >= 11 is 0. The van der Waals surface area contributed by atoms with Crippen LogP contribution in [-0.2, 0) is 4.43 Å². The quantitative estimate of drug-likeness (QED) is 0.648. The largest absolute Gasteiger partial charge is 0.424 e. The highest BCUT2D eigenvalue weighted by molar-refractivity contribution is 6.27. The van der Waals surface area contributed by atoms with E-state index in [2.05, 4.69) is 0 Å².